The topological polar surface area (TPSA) is 79.4 Å². The lowest BCUT2D eigenvalue weighted by atomic mass is 10.1. The van der Waals surface area contributed by atoms with Gasteiger partial charge in [0.05, 0.1) is 11.4 Å². The zero-order valence-corrected chi connectivity index (χ0v) is 19.9. The Balaban J connectivity index is 1.89. The molecular formula is C24H26ClN3O3S. The Labute approximate surface area is 194 Å². The van der Waals surface area contributed by atoms with Gasteiger partial charge in [-0.25, -0.2) is 8.42 Å². The summed E-state index contributed by atoms with van der Waals surface area (Å²) in [5, 5.41) is 3.35. The Morgan fingerprint density at radius 2 is 1.56 bits per heavy atom. The second-order valence-corrected chi connectivity index (χ2v) is 10.1. The van der Waals surface area contributed by atoms with Gasteiger partial charge in [-0.05, 0) is 67.3 Å². The predicted molar refractivity (Wildman–Crippen MR) is 126 cm³/mol. The van der Waals surface area contributed by atoms with Gasteiger partial charge in [-0.3, -0.25) is 9.78 Å². The first kappa shape index (κ1) is 23.9. The van der Waals surface area contributed by atoms with E-state index in [4.69, 9.17) is 11.6 Å². The summed E-state index contributed by atoms with van der Waals surface area (Å²) >= 11 is 5.97. The summed E-state index contributed by atoms with van der Waals surface area (Å²) in [7, 11) is -3.94. The molecule has 32 heavy (non-hydrogen) atoms. The maximum Gasteiger partial charge on any atom is 0.244 e. The molecule has 0 saturated carbocycles. The van der Waals surface area contributed by atoms with Gasteiger partial charge in [-0.15, -0.1) is 0 Å². The van der Waals surface area contributed by atoms with Crippen molar-refractivity contribution in [2.75, 3.05) is 6.54 Å². The molecule has 0 aliphatic carbocycles. The number of pyridine rings is 1. The number of rotatable bonds is 8. The van der Waals surface area contributed by atoms with E-state index in [9.17, 15) is 13.2 Å². The summed E-state index contributed by atoms with van der Waals surface area (Å²) in [6.45, 7) is 5.51. The van der Waals surface area contributed by atoms with Crippen LogP contribution in [0.4, 0.5) is 0 Å². The van der Waals surface area contributed by atoms with E-state index in [-0.39, 0.29) is 23.9 Å². The Kier molecular flexibility index (Phi) is 7.66. The highest BCUT2D eigenvalue weighted by Crippen LogP contribution is 2.26. The highest BCUT2D eigenvalue weighted by molar-refractivity contribution is 7.89. The molecular weight excluding hydrogens is 446 g/mol. The van der Waals surface area contributed by atoms with Crippen LogP contribution in [0.3, 0.4) is 0 Å². The number of halogens is 1. The van der Waals surface area contributed by atoms with Crippen molar-refractivity contribution in [1.29, 1.82) is 0 Å². The first-order chi connectivity index (χ1) is 15.2. The number of hydrogen-bond acceptors (Lipinski definition) is 4. The molecule has 6 nitrogen and oxygen atoms in total. The Hall–Kier alpha value is -2.74. The normalized spacial score (nSPS) is 11.5. The summed E-state index contributed by atoms with van der Waals surface area (Å²) in [6, 6.07) is 14.2. The van der Waals surface area contributed by atoms with Crippen LogP contribution >= 0.6 is 11.6 Å². The van der Waals surface area contributed by atoms with Gasteiger partial charge in [0.25, 0.3) is 0 Å². The number of amides is 1. The van der Waals surface area contributed by atoms with E-state index >= 15 is 0 Å². The van der Waals surface area contributed by atoms with E-state index in [0.29, 0.717) is 22.7 Å². The molecule has 0 radical (unpaired) electrons. The lowest BCUT2D eigenvalue weighted by Crippen LogP contribution is -2.40. The molecule has 2 aromatic carbocycles. The monoisotopic (exact) mass is 471 g/mol. The second-order valence-electron chi connectivity index (χ2n) is 7.76. The number of sulfonamides is 1. The van der Waals surface area contributed by atoms with E-state index in [0.717, 1.165) is 16.7 Å². The predicted octanol–water partition coefficient (Wildman–Crippen LogP) is 4.17. The molecule has 0 bridgehead atoms. The fraction of sp³-hybridized carbons (Fsp3) is 0.250. The van der Waals surface area contributed by atoms with Crippen LogP contribution < -0.4 is 5.32 Å². The number of carbonyl (C=O) groups is 1. The van der Waals surface area contributed by atoms with Crippen molar-refractivity contribution in [1.82, 2.24) is 14.6 Å². The van der Waals surface area contributed by atoms with Gasteiger partial charge < -0.3 is 5.32 Å². The number of nitrogens with one attached hydrogen (secondary N) is 1. The maximum absolute atomic E-state index is 13.7. The SMILES string of the molecule is Cc1cc(C)c(S(=O)(=O)N(CC(=O)NCc2ccncc2)Cc2ccc(Cl)cc2)c(C)c1. The van der Waals surface area contributed by atoms with Crippen molar-refractivity contribution in [3.05, 3.63) is 93.8 Å². The molecule has 0 saturated heterocycles. The molecule has 0 fully saturated rings. The van der Waals surface area contributed by atoms with Crippen LogP contribution in [0.15, 0.2) is 65.8 Å². The van der Waals surface area contributed by atoms with Crippen molar-refractivity contribution in [3.63, 3.8) is 0 Å². The average Bonchev–Trinajstić information content (AvgIpc) is 2.73. The van der Waals surface area contributed by atoms with Gasteiger partial charge in [0.2, 0.25) is 15.9 Å². The summed E-state index contributed by atoms with van der Waals surface area (Å²) < 4.78 is 28.6. The van der Waals surface area contributed by atoms with E-state index in [1.807, 2.05) is 19.1 Å². The molecule has 1 aromatic heterocycles. The minimum atomic E-state index is -3.94. The molecule has 0 aliphatic heterocycles. The summed E-state index contributed by atoms with van der Waals surface area (Å²) in [5.74, 6) is -0.387. The van der Waals surface area contributed by atoms with Crippen LogP contribution in [-0.4, -0.2) is 30.2 Å². The summed E-state index contributed by atoms with van der Waals surface area (Å²) in [6.07, 6.45) is 3.28. The van der Waals surface area contributed by atoms with Crippen molar-refractivity contribution in [2.45, 2.75) is 38.8 Å². The zero-order chi connectivity index (χ0) is 23.3. The van der Waals surface area contributed by atoms with Crippen molar-refractivity contribution in [3.8, 4) is 0 Å². The zero-order valence-electron chi connectivity index (χ0n) is 18.3. The van der Waals surface area contributed by atoms with Crippen LogP contribution in [0.1, 0.15) is 27.8 Å². The molecule has 0 aliphatic rings. The molecule has 3 aromatic rings. The first-order valence-corrected chi connectivity index (χ1v) is 12.0. The highest BCUT2D eigenvalue weighted by Gasteiger charge is 2.30. The molecule has 1 amide bonds. The number of aryl methyl sites for hydroxylation is 3. The number of carbonyl (C=O) groups excluding carboxylic acids is 1. The van der Waals surface area contributed by atoms with Crippen molar-refractivity contribution < 1.29 is 13.2 Å². The lowest BCUT2D eigenvalue weighted by molar-refractivity contribution is -0.121. The van der Waals surface area contributed by atoms with Gasteiger partial charge in [-0.1, -0.05) is 41.4 Å². The molecule has 1 N–H and O–H groups in total. The minimum absolute atomic E-state index is 0.0505. The Bertz CT molecular complexity index is 1170. The van der Waals surface area contributed by atoms with Gasteiger partial charge in [0, 0.05) is 30.5 Å². The minimum Gasteiger partial charge on any atom is -0.351 e. The van der Waals surface area contributed by atoms with Gasteiger partial charge >= 0.3 is 0 Å². The van der Waals surface area contributed by atoms with Crippen molar-refractivity contribution in [2.24, 2.45) is 0 Å². The van der Waals surface area contributed by atoms with Crippen LogP contribution in [-0.2, 0) is 27.9 Å². The van der Waals surface area contributed by atoms with E-state index in [1.54, 1.807) is 62.6 Å². The third-order valence-corrected chi connectivity index (χ3v) is 7.38. The fourth-order valence-electron chi connectivity index (χ4n) is 3.64. The Morgan fingerprint density at radius 1 is 0.969 bits per heavy atom. The Morgan fingerprint density at radius 3 is 2.16 bits per heavy atom. The number of aromatic nitrogens is 1. The van der Waals surface area contributed by atoms with E-state index < -0.39 is 10.0 Å². The standard InChI is InChI=1S/C24H26ClN3O3S/c1-17-12-18(2)24(19(3)13-17)32(30,31)28(15-21-4-6-22(25)7-5-21)16-23(29)27-14-20-8-10-26-11-9-20/h4-13H,14-16H2,1-3H3,(H,27,29). The highest BCUT2D eigenvalue weighted by atomic mass is 35.5. The smallest absolute Gasteiger partial charge is 0.244 e. The largest absolute Gasteiger partial charge is 0.351 e. The molecule has 8 heteroatoms. The third-order valence-electron chi connectivity index (χ3n) is 5.03. The average molecular weight is 472 g/mol. The van der Waals surface area contributed by atoms with E-state index in [2.05, 4.69) is 10.3 Å². The number of nitrogens with zero attached hydrogens (tertiary/aromatic N) is 2. The third kappa shape index (κ3) is 5.94. The van der Waals surface area contributed by atoms with Crippen LogP contribution in [0.5, 0.6) is 0 Å². The second kappa shape index (κ2) is 10.3. The first-order valence-electron chi connectivity index (χ1n) is 10.1. The molecule has 0 unspecified atom stereocenters. The molecule has 0 atom stereocenters. The van der Waals surface area contributed by atoms with Crippen molar-refractivity contribution >= 4 is 27.5 Å². The maximum atomic E-state index is 13.7. The van der Waals surface area contributed by atoms with Gasteiger partial charge in [-0.2, -0.15) is 4.31 Å². The van der Waals surface area contributed by atoms with Gasteiger partial charge in [0.1, 0.15) is 0 Å². The summed E-state index contributed by atoms with van der Waals surface area (Å²) in [5.41, 5.74) is 3.91. The number of benzene rings is 2. The van der Waals surface area contributed by atoms with Crippen LogP contribution in [0.25, 0.3) is 0 Å². The lowest BCUT2D eigenvalue weighted by Gasteiger charge is -2.24. The molecule has 0 spiro atoms. The van der Waals surface area contributed by atoms with Crippen LogP contribution in [0, 0.1) is 20.8 Å². The molecule has 3 rings (SSSR count). The molecule has 168 valence electrons. The van der Waals surface area contributed by atoms with E-state index in [1.165, 1.54) is 4.31 Å². The number of hydrogen-bond donors (Lipinski definition) is 1. The van der Waals surface area contributed by atoms with Crippen LogP contribution in [0.2, 0.25) is 5.02 Å². The fourth-order valence-corrected chi connectivity index (χ4v) is 5.56. The molecule has 1 heterocycles. The summed E-state index contributed by atoms with van der Waals surface area (Å²) in [4.78, 5) is 16.9. The quantitative estimate of drug-likeness (QED) is 0.534. The van der Waals surface area contributed by atoms with Gasteiger partial charge in [0.15, 0.2) is 0 Å².